The van der Waals surface area contributed by atoms with E-state index in [-0.39, 0.29) is 18.4 Å². The molecule has 1 aromatic heterocycles. The Morgan fingerprint density at radius 2 is 1.92 bits per heavy atom. The SMILES string of the molecule is Cc1ccc(Sc2ncccc2C(=O)NCC(=O)N2CCCC2)cc1C. The molecule has 2 aromatic rings. The number of nitrogens with zero attached hydrogens (tertiary/aromatic N) is 2. The highest BCUT2D eigenvalue weighted by molar-refractivity contribution is 7.99. The van der Waals surface area contributed by atoms with Crippen LogP contribution in [0.1, 0.15) is 34.3 Å². The second-order valence-corrected chi connectivity index (χ2v) is 7.54. The summed E-state index contributed by atoms with van der Waals surface area (Å²) in [5, 5.41) is 3.38. The van der Waals surface area contributed by atoms with Crippen molar-refractivity contribution in [2.45, 2.75) is 36.6 Å². The lowest BCUT2D eigenvalue weighted by molar-refractivity contribution is -0.129. The molecule has 0 spiro atoms. The van der Waals surface area contributed by atoms with Gasteiger partial charge >= 0.3 is 0 Å². The highest BCUT2D eigenvalue weighted by Gasteiger charge is 2.19. The summed E-state index contributed by atoms with van der Waals surface area (Å²) >= 11 is 1.46. The van der Waals surface area contributed by atoms with Gasteiger partial charge in [-0.1, -0.05) is 17.8 Å². The molecular weight excluding hydrogens is 346 g/mol. The van der Waals surface area contributed by atoms with Gasteiger partial charge in [0.15, 0.2) is 0 Å². The van der Waals surface area contributed by atoms with Gasteiger partial charge in [0, 0.05) is 24.2 Å². The number of hydrogen-bond donors (Lipinski definition) is 1. The predicted molar refractivity (Wildman–Crippen MR) is 102 cm³/mol. The standard InChI is InChI=1S/C20H23N3O2S/c1-14-7-8-16(12-15(14)2)26-20-17(6-5-9-21-20)19(25)22-13-18(24)23-10-3-4-11-23/h5-9,12H,3-4,10-11,13H2,1-2H3,(H,22,25). The normalized spacial score (nSPS) is 13.7. The van der Waals surface area contributed by atoms with Crippen molar-refractivity contribution in [2.75, 3.05) is 19.6 Å². The molecule has 6 heteroatoms. The summed E-state index contributed by atoms with van der Waals surface area (Å²) in [6, 6.07) is 9.66. The van der Waals surface area contributed by atoms with Gasteiger partial charge in [-0.2, -0.15) is 0 Å². The Labute approximate surface area is 158 Å². The van der Waals surface area contributed by atoms with Crippen LogP contribution in [0.3, 0.4) is 0 Å². The van der Waals surface area contributed by atoms with Gasteiger partial charge < -0.3 is 10.2 Å². The van der Waals surface area contributed by atoms with Gasteiger partial charge in [0.25, 0.3) is 5.91 Å². The number of likely N-dealkylation sites (tertiary alicyclic amines) is 1. The zero-order valence-corrected chi connectivity index (χ0v) is 15.9. The van der Waals surface area contributed by atoms with E-state index in [0.29, 0.717) is 10.6 Å². The molecular formula is C20H23N3O2S. The number of aromatic nitrogens is 1. The fourth-order valence-corrected chi connectivity index (χ4v) is 3.84. The molecule has 0 aliphatic carbocycles. The molecule has 2 amide bonds. The van der Waals surface area contributed by atoms with Gasteiger partial charge in [-0.15, -0.1) is 0 Å². The van der Waals surface area contributed by atoms with E-state index in [1.807, 2.05) is 6.07 Å². The Bertz CT molecular complexity index is 816. The van der Waals surface area contributed by atoms with Gasteiger partial charge in [0.1, 0.15) is 5.03 Å². The largest absolute Gasteiger partial charge is 0.343 e. The lowest BCUT2D eigenvalue weighted by atomic mass is 10.1. The summed E-state index contributed by atoms with van der Waals surface area (Å²) in [6.07, 6.45) is 3.76. The number of pyridine rings is 1. The van der Waals surface area contributed by atoms with Crippen molar-refractivity contribution in [1.29, 1.82) is 0 Å². The highest BCUT2D eigenvalue weighted by atomic mass is 32.2. The Morgan fingerprint density at radius 1 is 1.15 bits per heavy atom. The molecule has 0 atom stereocenters. The fourth-order valence-electron chi connectivity index (χ4n) is 2.86. The number of carbonyl (C=O) groups is 2. The van der Waals surface area contributed by atoms with Gasteiger partial charge in [0.05, 0.1) is 12.1 Å². The minimum atomic E-state index is -0.267. The second kappa shape index (κ2) is 8.36. The van der Waals surface area contributed by atoms with E-state index >= 15 is 0 Å². The molecule has 1 N–H and O–H groups in total. The van der Waals surface area contributed by atoms with Crippen LogP contribution in [0, 0.1) is 13.8 Å². The molecule has 1 saturated heterocycles. The Morgan fingerprint density at radius 3 is 2.65 bits per heavy atom. The van der Waals surface area contributed by atoms with E-state index in [1.54, 1.807) is 23.2 Å². The summed E-state index contributed by atoms with van der Waals surface area (Å²) in [5.41, 5.74) is 2.92. The van der Waals surface area contributed by atoms with Crippen LogP contribution < -0.4 is 5.32 Å². The maximum absolute atomic E-state index is 12.6. The summed E-state index contributed by atoms with van der Waals surface area (Å²) < 4.78 is 0. The van der Waals surface area contributed by atoms with Crippen molar-refractivity contribution in [3.8, 4) is 0 Å². The molecule has 1 aromatic carbocycles. The molecule has 0 unspecified atom stereocenters. The zero-order chi connectivity index (χ0) is 18.5. The molecule has 0 radical (unpaired) electrons. The first-order valence-corrected chi connectivity index (χ1v) is 9.62. The first kappa shape index (κ1) is 18.5. The third-order valence-electron chi connectivity index (χ3n) is 4.57. The van der Waals surface area contributed by atoms with Gasteiger partial charge in [-0.3, -0.25) is 9.59 Å². The number of rotatable bonds is 5. The van der Waals surface area contributed by atoms with Gasteiger partial charge in [-0.25, -0.2) is 4.98 Å². The van der Waals surface area contributed by atoms with Crippen LogP contribution in [0.4, 0.5) is 0 Å². The predicted octanol–water partition coefficient (Wildman–Crippen LogP) is 3.20. The minimum absolute atomic E-state index is 0.0249. The number of amides is 2. The Balaban J connectivity index is 1.68. The van der Waals surface area contributed by atoms with Crippen molar-refractivity contribution in [3.05, 3.63) is 53.2 Å². The summed E-state index contributed by atoms with van der Waals surface area (Å²) in [7, 11) is 0. The number of carbonyl (C=O) groups excluding carboxylic acids is 2. The molecule has 136 valence electrons. The quantitative estimate of drug-likeness (QED) is 0.879. The van der Waals surface area contributed by atoms with E-state index in [1.165, 1.54) is 22.9 Å². The minimum Gasteiger partial charge on any atom is -0.343 e. The lowest BCUT2D eigenvalue weighted by Gasteiger charge is -2.16. The third kappa shape index (κ3) is 4.43. The van der Waals surface area contributed by atoms with E-state index in [0.717, 1.165) is 30.8 Å². The summed E-state index contributed by atoms with van der Waals surface area (Å²) in [5.74, 6) is -0.292. The zero-order valence-electron chi connectivity index (χ0n) is 15.1. The van der Waals surface area contributed by atoms with Crippen LogP contribution >= 0.6 is 11.8 Å². The van der Waals surface area contributed by atoms with Crippen LogP contribution in [0.2, 0.25) is 0 Å². The molecule has 1 aliphatic rings. The number of hydrogen-bond acceptors (Lipinski definition) is 4. The van der Waals surface area contributed by atoms with Crippen molar-refractivity contribution in [3.63, 3.8) is 0 Å². The van der Waals surface area contributed by atoms with Crippen LogP contribution in [-0.2, 0) is 4.79 Å². The molecule has 1 fully saturated rings. The second-order valence-electron chi connectivity index (χ2n) is 6.47. The maximum atomic E-state index is 12.6. The highest BCUT2D eigenvalue weighted by Crippen LogP contribution is 2.29. The average molecular weight is 369 g/mol. The molecule has 2 heterocycles. The van der Waals surface area contributed by atoms with E-state index in [4.69, 9.17) is 0 Å². The number of benzene rings is 1. The molecule has 26 heavy (non-hydrogen) atoms. The first-order valence-electron chi connectivity index (χ1n) is 8.80. The van der Waals surface area contributed by atoms with Crippen molar-refractivity contribution >= 4 is 23.6 Å². The summed E-state index contributed by atoms with van der Waals surface area (Å²) in [4.78, 5) is 31.9. The third-order valence-corrected chi connectivity index (χ3v) is 5.58. The Hall–Kier alpha value is -2.34. The average Bonchev–Trinajstić information content (AvgIpc) is 3.18. The van der Waals surface area contributed by atoms with Crippen molar-refractivity contribution in [1.82, 2.24) is 15.2 Å². The van der Waals surface area contributed by atoms with Crippen LogP contribution in [0.15, 0.2) is 46.5 Å². The first-order chi connectivity index (χ1) is 12.5. The summed E-state index contributed by atoms with van der Waals surface area (Å²) in [6.45, 7) is 5.74. The Kier molecular flexibility index (Phi) is 5.93. The molecule has 5 nitrogen and oxygen atoms in total. The monoisotopic (exact) mass is 369 g/mol. The van der Waals surface area contributed by atoms with Crippen molar-refractivity contribution in [2.24, 2.45) is 0 Å². The number of nitrogens with one attached hydrogen (secondary N) is 1. The van der Waals surface area contributed by atoms with Gasteiger partial charge in [0.2, 0.25) is 5.91 Å². The van der Waals surface area contributed by atoms with Crippen molar-refractivity contribution < 1.29 is 9.59 Å². The maximum Gasteiger partial charge on any atom is 0.254 e. The molecule has 3 rings (SSSR count). The van der Waals surface area contributed by atoms with E-state index < -0.39 is 0 Å². The molecule has 1 aliphatic heterocycles. The fraction of sp³-hybridized carbons (Fsp3) is 0.350. The molecule has 0 saturated carbocycles. The lowest BCUT2D eigenvalue weighted by Crippen LogP contribution is -2.38. The van der Waals surface area contributed by atoms with Gasteiger partial charge in [-0.05, 0) is 62.1 Å². The number of aryl methyl sites for hydroxylation is 2. The van der Waals surface area contributed by atoms with E-state index in [9.17, 15) is 9.59 Å². The smallest absolute Gasteiger partial charge is 0.254 e. The van der Waals surface area contributed by atoms with Crippen LogP contribution in [-0.4, -0.2) is 41.3 Å². The molecule has 0 bridgehead atoms. The van der Waals surface area contributed by atoms with Crippen LogP contribution in [0.25, 0.3) is 0 Å². The van der Waals surface area contributed by atoms with Crippen LogP contribution in [0.5, 0.6) is 0 Å². The topological polar surface area (TPSA) is 62.3 Å². The van der Waals surface area contributed by atoms with E-state index in [2.05, 4.69) is 36.3 Å².